The highest BCUT2D eigenvalue weighted by molar-refractivity contribution is 7.89. The highest BCUT2D eigenvalue weighted by Crippen LogP contribution is 2.39. The second-order valence-corrected chi connectivity index (χ2v) is 14.1. The van der Waals surface area contributed by atoms with Crippen molar-refractivity contribution in [2.24, 2.45) is 5.92 Å². The summed E-state index contributed by atoms with van der Waals surface area (Å²) < 4.78 is 68.7. The van der Waals surface area contributed by atoms with Crippen LogP contribution in [0, 0.1) is 12.8 Å². The summed E-state index contributed by atoms with van der Waals surface area (Å²) in [4.78, 5) is 0.114. The monoisotopic (exact) mass is 588 g/mol. The first-order valence-electron chi connectivity index (χ1n) is 13.0. The van der Waals surface area contributed by atoms with Crippen LogP contribution in [0.15, 0.2) is 76.5 Å². The maximum absolute atomic E-state index is 13.8. The first kappa shape index (κ1) is 30.0. The molecule has 11 heteroatoms. The van der Waals surface area contributed by atoms with E-state index in [9.17, 15) is 21.9 Å². The van der Waals surface area contributed by atoms with Gasteiger partial charge in [-0.25, -0.2) is 16.8 Å². The van der Waals surface area contributed by atoms with E-state index in [2.05, 4.69) is 0 Å². The molecule has 0 aromatic heterocycles. The van der Waals surface area contributed by atoms with Gasteiger partial charge in [0.25, 0.3) is 0 Å². The summed E-state index contributed by atoms with van der Waals surface area (Å²) in [5.74, 6) is 0.305. The molecule has 4 rings (SSSR count). The van der Waals surface area contributed by atoms with E-state index in [1.807, 2.05) is 38.1 Å². The lowest BCUT2D eigenvalue weighted by Crippen LogP contribution is -2.50. The summed E-state index contributed by atoms with van der Waals surface area (Å²) in [6.07, 6.45) is -0.694. The minimum absolute atomic E-state index is 0.0168. The molecular weight excluding hydrogens is 552 g/mol. The summed E-state index contributed by atoms with van der Waals surface area (Å²) in [6, 6.07) is 18.1. The fourth-order valence-corrected chi connectivity index (χ4v) is 7.74. The van der Waals surface area contributed by atoms with Crippen LogP contribution in [-0.4, -0.2) is 76.6 Å². The number of nitrogens with zero attached hydrogens (tertiary/aromatic N) is 2. The molecule has 216 valence electrons. The molecule has 3 atom stereocenters. The number of ether oxygens (including phenoxy) is 2. The van der Waals surface area contributed by atoms with E-state index >= 15 is 0 Å². The SMILES string of the molecule is COc1ccccc1-c1ccc2c(c1)O[C@H](CN(C)S(=O)(=O)c1ccc(C)cc1)[C@@H](C)CN([C@@H](C)CO)S2(=O)=O. The van der Waals surface area contributed by atoms with Gasteiger partial charge in [0.05, 0.1) is 25.2 Å². The average Bonchev–Trinajstić information content (AvgIpc) is 2.94. The second-order valence-electron chi connectivity index (χ2n) is 10.2. The van der Waals surface area contributed by atoms with Crippen LogP contribution in [0.25, 0.3) is 11.1 Å². The number of fused-ring (bicyclic) bond motifs is 1. The summed E-state index contributed by atoms with van der Waals surface area (Å²) in [5.41, 5.74) is 2.38. The van der Waals surface area contributed by atoms with Gasteiger partial charge in [-0.15, -0.1) is 0 Å². The first-order valence-corrected chi connectivity index (χ1v) is 15.9. The Morgan fingerprint density at radius 2 is 1.80 bits per heavy atom. The van der Waals surface area contributed by atoms with Crippen LogP contribution in [0.1, 0.15) is 19.4 Å². The van der Waals surface area contributed by atoms with Crippen molar-refractivity contribution >= 4 is 20.0 Å². The molecule has 0 aliphatic carbocycles. The van der Waals surface area contributed by atoms with Crippen molar-refractivity contribution in [3.63, 3.8) is 0 Å². The highest BCUT2D eigenvalue weighted by atomic mass is 32.2. The van der Waals surface area contributed by atoms with Crippen molar-refractivity contribution < 1.29 is 31.4 Å². The molecule has 3 aromatic rings. The minimum atomic E-state index is -4.04. The van der Waals surface area contributed by atoms with Gasteiger partial charge in [0, 0.05) is 31.1 Å². The number of benzene rings is 3. The van der Waals surface area contributed by atoms with E-state index in [1.165, 1.54) is 21.7 Å². The quantitative estimate of drug-likeness (QED) is 0.426. The predicted molar refractivity (Wildman–Crippen MR) is 153 cm³/mol. The highest BCUT2D eigenvalue weighted by Gasteiger charge is 2.39. The Bertz CT molecular complexity index is 1560. The van der Waals surface area contributed by atoms with Gasteiger partial charge in [-0.05, 0) is 49.7 Å². The second kappa shape index (κ2) is 11.9. The number of aliphatic hydroxyl groups is 1. The molecule has 40 heavy (non-hydrogen) atoms. The summed E-state index contributed by atoms with van der Waals surface area (Å²) in [6.45, 7) is 5.00. The van der Waals surface area contributed by atoms with E-state index < -0.39 is 38.1 Å². The smallest absolute Gasteiger partial charge is 0.247 e. The zero-order valence-electron chi connectivity index (χ0n) is 23.3. The van der Waals surface area contributed by atoms with Gasteiger partial charge in [-0.2, -0.15) is 8.61 Å². The van der Waals surface area contributed by atoms with E-state index in [0.717, 1.165) is 11.1 Å². The van der Waals surface area contributed by atoms with Crippen molar-refractivity contribution in [1.29, 1.82) is 0 Å². The van der Waals surface area contributed by atoms with Gasteiger partial charge in [-0.3, -0.25) is 0 Å². The fraction of sp³-hybridized carbons (Fsp3) is 0.379. The van der Waals surface area contributed by atoms with Crippen LogP contribution >= 0.6 is 0 Å². The minimum Gasteiger partial charge on any atom is -0.496 e. The van der Waals surface area contributed by atoms with Crippen LogP contribution in [0.3, 0.4) is 0 Å². The molecule has 1 aliphatic heterocycles. The number of sulfonamides is 2. The number of para-hydroxylation sites is 1. The molecule has 0 fully saturated rings. The molecule has 0 unspecified atom stereocenters. The first-order chi connectivity index (χ1) is 18.9. The van der Waals surface area contributed by atoms with Crippen molar-refractivity contribution in [3.05, 3.63) is 72.3 Å². The van der Waals surface area contributed by atoms with Gasteiger partial charge in [-0.1, -0.05) is 48.9 Å². The Hall–Kier alpha value is -2.96. The predicted octanol–water partition coefficient (Wildman–Crippen LogP) is 3.76. The van der Waals surface area contributed by atoms with Crippen LogP contribution in [0.2, 0.25) is 0 Å². The largest absolute Gasteiger partial charge is 0.496 e. The van der Waals surface area contributed by atoms with Crippen molar-refractivity contribution in [3.8, 4) is 22.6 Å². The summed E-state index contributed by atoms with van der Waals surface area (Å²) in [7, 11) is -4.83. The molecule has 0 amide bonds. The Morgan fingerprint density at radius 1 is 1.12 bits per heavy atom. The van der Waals surface area contributed by atoms with Crippen molar-refractivity contribution in [2.45, 2.75) is 42.7 Å². The van der Waals surface area contributed by atoms with Gasteiger partial charge in [0.15, 0.2) is 0 Å². The summed E-state index contributed by atoms with van der Waals surface area (Å²) in [5, 5.41) is 9.89. The molecule has 0 bridgehead atoms. The number of likely N-dealkylation sites (N-methyl/N-ethyl adjacent to an activating group) is 1. The Kier molecular flexibility index (Phi) is 8.91. The maximum Gasteiger partial charge on any atom is 0.247 e. The number of aliphatic hydroxyl groups excluding tert-OH is 1. The number of aryl methyl sites for hydroxylation is 1. The fourth-order valence-electron chi connectivity index (χ4n) is 4.74. The standard InChI is InChI=1S/C29H36N2O7S2/c1-20-10-13-24(14-11-20)39(33,34)30(4)18-28-21(2)17-31(22(3)19-32)40(35,36)29-15-12-23(16-27(29)38-28)25-8-6-7-9-26(25)37-5/h6-16,21-22,28,32H,17-19H2,1-5H3/t21-,22-,28+/m0/s1. The van der Waals surface area contributed by atoms with Gasteiger partial charge < -0.3 is 14.6 Å². The van der Waals surface area contributed by atoms with Crippen molar-refractivity contribution in [1.82, 2.24) is 8.61 Å². The lowest BCUT2D eigenvalue weighted by molar-refractivity contribution is 0.0905. The lowest BCUT2D eigenvalue weighted by atomic mass is 10.0. The zero-order valence-corrected chi connectivity index (χ0v) is 24.9. The van der Waals surface area contributed by atoms with Gasteiger partial charge >= 0.3 is 0 Å². The molecule has 1 N–H and O–H groups in total. The Balaban J connectivity index is 1.79. The molecule has 0 saturated carbocycles. The Morgan fingerprint density at radius 3 is 2.45 bits per heavy atom. The van der Waals surface area contributed by atoms with E-state index in [4.69, 9.17) is 9.47 Å². The van der Waals surface area contributed by atoms with Crippen LogP contribution in [0.4, 0.5) is 0 Å². The molecule has 0 radical (unpaired) electrons. The van der Waals surface area contributed by atoms with Crippen LogP contribution < -0.4 is 9.47 Å². The third-order valence-corrected chi connectivity index (χ3v) is 11.1. The Labute approximate surface area is 237 Å². The molecule has 3 aromatic carbocycles. The molecule has 0 spiro atoms. The molecule has 1 aliphatic rings. The lowest BCUT2D eigenvalue weighted by Gasteiger charge is -2.37. The molecule has 0 saturated heterocycles. The van der Waals surface area contributed by atoms with Gasteiger partial charge in [0.1, 0.15) is 22.5 Å². The zero-order chi connectivity index (χ0) is 29.2. The number of hydrogen-bond acceptors (Lipinski definition) is 7. The van der Waals surface area contributed by atoms with Crippen LogP contribution in [-0.2, 0) is 20.0 Å². The third-order valence-electron chi connectivity index (χ3n) is 7.25. The van der Waals surface area contributed by atoms with Gasteiger partial charge in [0.2, 0.25) is 20.0 Å². The summed E-state index contributed by atoms with van der Waals surface area (Å²) >= 11 is 0. The number of rotatable bonds is 8. The third kappa shape index (κ3) is 5.89. The normalized spacial score (nSPS) is 20.2. The van der Waals surface area contributed by atoms with E-state index in [1.54, 1.807) is 50.4 Å². The van der Waals surface area contributed by atoms with E-state index in [0.29, 0.717) is 11.3 Å². The molecular formula is C29H36N2O7S2. The molecule has 9 nitrogen and oxygen atoms in total. The van der Waals surface area contributed by atoms with Crippen molar-refractivity contribution in [2.75, 3.05) is 33.9 Å². The number of methoxy groups -OCH3 is 1. The average molecular weight is 589 g/mol. The molecule has 1 heterocycles. The number of hydrogen-bond donors (Lipinski definition) is 1. The topological polar surface area (TPSA) is 113 Å². The maximum atomic E-state index is 13.8. The van der Waals surface area contributed by atoms with E-state index in [-0.39, 0.29) is 35.2 Å². The van der Waals surface area contributed by atoms with Crippen LogP contribution in [0.5, 0.6) is 11.5 Å².